The zero-order valence-corrected chi connectivity index (χ0v) is 25.9. The zero-order valence-electron chi connectivity index (χ0n) is 25.9. The van der Waals surface area contributed by atoms with Crippen molar-refractivity contribution in [3.63, 3.8) is 0 Å². The van der Waals surface area contributed by atoms with Crippen LogP contribution in [0.25, 0.3) is 0 Å². The minimum absolute atomic E-state index is 0.0216. The van der Waals surface area contributed by atoms with Crippen molar-refractivity contribution < 1.29 is 19.1 Å². The number of hydrogen-bond acceptors (Lipinski definition) is 5. The van der Waals surface area contributed by atoms with Gasteiger partial charge in [-0.2, -0.15) is 0 Å². The summed E-state index contributed by atoms with van der Waals surface area (Å²) in [6.07, 6.45) is 0. The Morgan fingerprint density at radius 3 is 1.67 bits per heavy atom. The van der Waals surface area contributed by atoms with Crippen LogP contribution in [-0.2, 0) is 24.7 Å². The molecule has 0 aromatic heterocycles. The van der Waals surface area contributed by atoms with Gasteiger partial charge in [0.2, 0.25) is 11.8 Å². The molecule has 2 heterocycles. The molecule has 0 N–H and O–H groups in total. The van der Waals surface area contributed by atoms with E-state index in [1.165, 1.54) is 7.11 Å². The van der Waals surface area contributed by atoms with Crippen molar-refractivity contribution in [2.45, 2.75) is 45.3 Å². The summed E-state index contributed by atoms with van der Waals surface area (Å²) in [5, 5.41) is 0. The first-order valence-electron chi connectivity index (χ1n) is 15.3. The van der Waals surface area contributed by atoms with E-state index in [0.717, 1.165) is 16.7 Å². The molecule has 5 atom stereocenters. The van der Waals surface area contributed by atoms with Crippen LogP contribution in [0.5, 0.6) is 0 Å². The number of esters is 1. The van der Waals surface area contributed by atoms with Crippen molar-refractivity contribution in [1.82, 2.24) is 14.7 Å². The molecular formula is C36H43N3O4. The maximum Gasteiger partial charge on any atom is 0.309 e. The highest BCUT2D eigenvalue weighted by atomic mass is 16.5. The van der Waals surface area contributed by atoms with Gasteiger partial charge in [0.25, 0.3) is 0 Å². The topological polar surface area (TPSA) is 69.9 Å². The molecule has 7 heteroatoms. The third-order valence-electron chi connectivity index (χ3n) is 9.24. The summed E-state index contributed by atoms with van der Waals surface area (Å²) in [7, 11) is 1.37. The SMILES string of the molecule is COC(=O)[C@H](C(C)C)C(C)C(=O)N1CCN(C(=O)[C@@H]2CN2C(c2ccccc2)(c2ccccc2)c2ccccc2)[C@H](C)C1. The molecule has 2 unspecified atom stereocenters. The average Bonchev–Trinajstić information content (AvgIpc) is 3.83. The van der Waals surface area contributed by atoms with Gasteiger partial charge in [-0.05, 0) is 29.5 Å². The zero-order chi connectivity index (χ0) is 30.7. The van der Waals surface area contributed by atoms with Gasteiger partial charge in [-0.25, -0.2) is 0 Å². The first-order valence-corrected chi connectivity index (χ1v) is 15.3. The monoisotopic (exact) mass is 581 g/mol. The predicted molar refractivity (Wildman–Crippen MR) is 167 cm³/mol. The lowest BCUT2D eigenvalue weighted by Crippen LogP contribution is -2.58. The average molecular weight is 582 g/mol. The van der Waals surface area contributed by atoms with Gasteiger partial charge in [-0.1, -0.05) is 112 Å². The minimum Gasteiger partial charge on any atom is -0.469 e. The number of piperazine rings is 1. The van der Waals surface area contributed by atoms with Crippen molar-refractivity contribution in [2.75, 3.05) is 33.3 Å². The Labute approximate surface area is 255 Å². The number of benzene rings is 3. The molecule has 43 heavy (non-hydrogen) atoms. The molecule has 2 fully saturated rings. The van der Waals surface area contributed by atoms with Gasteiger partial charge in [0, 0.05) is 38.1 Å². The molecule has 2 aliphatic rings. The third kappa shape index (κ3) is 5.70. The molecule has 5 rings (SSSR count). The summed E-state index contributed by atoms with van der Waals surface area (Å²) in [4.78, 5) is 46.2. The molecular weight excluding hydrogens is 538 g/mol. The molecule has 3 aromatic carbocycles. The number of hydrogen-bond donors (Lipinski definition) is 0. The number of amides is 2. The molecule has 0 spiro atoms. The van der Waals surface area contributed by atoms with E-state index in [1.807, 2.05) is 55.7 Å². The minimum atomic E-state index is -0.625. The molecule has 7 nitrogen and oxygen atoms in total. The van der Waals surface area contributed by atoms with Crippen LogP contribution < -0.4 is 0 Å². The summed E-state index contributed by atoms with van der Waals surface area (Å²) in [6.45, 7) is 9.67. The summed E-state index contributed by atoms with van der Waals surface area (Å²) in [6, 6.07) is 30.8. The van der Waals surface area contributed by atoms with E-state index in [0.29, 0.717) is 26.2 Å². The van der Waals surface area contributed by atoms with Gasteiger partial charge in [0.1, 0.15) is 6.04 Å². The lowest BCUT2D eigenvalue weighted by atomic mass is 9.76. The molecule has 0 aliphatic carbocycles. The second-order valence-electron chi connectivity index (χ2n) is 12.2. The largest absolute Gasteiger partial charge is 0.469 e. The van der Waals surface area contributed by atoms with Crippen LogP contribution in [0, 0.1) is 17.8 Å². The van der Waals surface area contributed by atoms with Crippen molar-refractivity contribution in [2.24, 2.45) is 17.8 Å². The quantitative estimate of drug-likeness (QED) is 0.206. The van der Waals surface area contributed by atoms with Gasteiger partial charge in [-0.15, -0.1) is 0 Å². The van der Waals surface area contributed by atoms with Gasteiger partial charge in [0.05, 0.1) is 18.6 Å². The Balaban J connectivity index is 1.38. The van der Waals surface area contributed by atoms with Crippen LogP contribution in [0.3, 0.4) is 0 Å². The Bertz CT molecular complexity index is 1320. The van der Waals surface area contributed by atoms with Gasteiger partial charge in [-0.3, -0.25) is 19.3 Å². The summed E-state index contributed by atoms with van der Waals surface area (Å²) in [5.41, 5.74) is 2.72. The molecule has 2 aliphatic heterocycles. The molecule has 2 saturated heterocycles. The highest BCUT2D eigenvalue weighted by Crippen LogP contribution is 2.48. The molecule has 0 bridgehead atoms. The highest BCUT2D eigenvalue weighted by Gasteiger charge is 2.57. The van der Waals surface area contributed by atoms with Crippen molar-refractivity contribution >= 4 is 17.8 Å². The van der Waals surface area contributed by atoms with Crippen LogP contribution in [0.1, 0.15) is 44.4 Å². The standard InChI is InChI=1S/C36H43N3O4/c1-25(2)32(35(42)43-5)27(4)33(40)37-21-22-38(26(3)23-37)34(41)31-24-39(31)36(28-15-9-6-10-16-28,29-17-11-7-12-18-29)30-19-13-8-14-20-30/h6-20,25-27,31-32H,21-24H2,1-5H3/t26-,27?,31+,32-,39?/m1/s1. The van der Waals surface area contributed by atoms with E-state index in [-0.39, 0.29) is 35.8 Å². The fourth-order valence-corrected chi connectivity index (χ4v) is 7.06. The van der Waals surface area contributed by atoms with Crippen molar-refractivity contribution in [3.05, 3.63) is 108 Å². The summed E-state index contributed by atoms with van der Waals surface area (Å²) >= 11 is 0. The summed E-state index contributed by atoms with van der Waals surface area (Å²) < 4.78 is 5.00. The fourth-order valence-electron chi connectivity index (χ4n) is 7.06. The van der Waals surface area contributed by atoms with E-state index in [4.69, 9.17) is 4.74 Å². The number of methoxy groups -OCH3 is 1. The van der Waals surface area contributed by atoms with E-state index in [2.05, 4.69) is 77.7 Å². The van der Waals surface area contributed by atoms with Gasteiger partial charge in [0.15, 0.2) is 0 Å². The number of ether oxygens (including phenoxy) is 1. The van der Waals surface area contributed by atoms with Crippen LogP contribution in [-0.4, -0.2) is 77.9 Å². The first-order chi connectivity index (χ1) is 20.7. The predicted octanol–water partition coefficient (Wildman–Crippen LogP) is 4.80. The number of rotatable bonds is 9. The molecule has 2 amide bonds. The molecule has 0 saturated carbocycles. The third-order valence-corrected chi connectivity index (χ3v) is 9.24. The Kier molecular flexibility index (Phi) is 9.02. The maximum atomic E-state index is 14.2. The van der Waals surface area contributed by atoms with Gasteiger partial charge >= 0.3 is 5.97 Å². The van der Waals surface area contributed by atoms with Crippen LogP contribution in [0.15, 0.2) is 91.0 Å². The molecule has 226 valence electrons. The number of nitrogens with zero attached hydrogens (tertiary/aromatic N) is 3. The van der Waals surface area contributed by atoms with Crippen LogP contribution in [0.2, 0.25) is 0 Å². The van der Waals surface area contributed by atoms with Crippen LogP contribution >= 0.6 is 0 Å². The van der Waals surface area contributed by atoms with Crippen molar-refractivity contribution in [1.29, 1.82) is 0 Å². The fraction of sp³-hybridized carbons (Fsp3) is 0.417. The van der Waals surface area contributed by atoms with E-state index in [1.54, 1.807) is 0 Å². The lowest BCUT2D eigenvalue weighted by molar-refractivity contribution is -0.156. The number of carbonyl (C=O) groups is 3. The second kappa shape index (κ2) is 12.7. The number of carbonyl (C=O) groups excluding carboxylic acids is 3. The van der Waals surface area contributed by atoms with E-state index in [9.17, 15) is 14.4 Å². The molecule has 3 aromatic rings. The van der Waals surface area contributed by atoms with Crippen LogP contribution in [0.4, 0.5) is 0 Å². The smallest absolute Gasteiger partial charge is 0.309 e. The second-order valence-corrected chi connectivity index (χ2v) is 12.2. The lowest BCUT2D eigenvalue weighted by Gasteiger charge is -2.42. The highest BCUT2D eigenvalue weighted by molar-refractivity contribution is 5.87. The van der Waals surface area contributed by atoms with E-state index < -0.39 is 17.4 Å². The Hall–Kier alpha value is -3.97. The molecule has 0 radical (unpaired) electrons. The maximum absolute atomic E-state index is 14.2. The van der Waals surface area contributed by atoms with E-state index >= 15 is 0 Å². The normalized spacial score (nSPS) is 21.7. The summed E-state index contributed by atoms with van der Waals surface area (Å²) in [5.74, 6) is -1.35. The Morgan fingerprint density at radius 1 is 0.767 bits per heavy atom. The Morgan fingerprint density at radius 2 is 1.26 bits per heavy atom. The first kappa shape index (κ1) is 30.5. The van der Waals surface area contributed by atoms with Crippen molar-refractivity contribution in [3.8, 4) is 0 Å². The van der Waals surface area contributed by atoms with Gasteiger partial charge < -0.3 is 14.5 Å².